The number of urea groups is 1. The van der Waals surface area contributed by atoms with Crippen molar-refractivity contribution in [3.8, 4) is 0 Å². The molecule has 2 aromatic carbocycles. The molecule has 0 spiro atoms. The fourth-order valence-corrected chi connectivity index (χ4v) is 1.78. The summed E-state index contributed by atoms with van der Waals surface area (Å²) in [6.45, 7) is 0.183. The Morgan fingerprint density at radius 1 is 1.15 bits per heavy atom. The number of halogens is 3. The topological polar surface area (TPSA) is 41.1 Å². The summed E-state index contributed by atoms with van der Waals surface area (Å²) in [4.78, 5) is 11.6. The second-order valence-corrected chi connectivity index (χ2v) is 4.43. The summed E-state index contributed by atoms with van der Waals surface area (Å²) in [5.74, 6) is -1.34. The Labute approximate surface area is 119 Å². The lowest BCUT2D eigenvalue weighted by atomic mass is 10.2. The SMILES string of the molecule is O=C(NCc1ccccc1Cl)Nc1cc(F)ccc1F. The van der Waals surface area contributed by atoms with E-state index in [1.807, 2.05) is 0 Å². The van der Waals surface area contributed by atoms with Gasteiger partial charge >= 0.3 is 6.03 Å². The Balaban J connectivity index is 1.96. The summed E-state index contributed by atoms with van der Waals surface area (Å²) >= 11 is 5.93. The first-order valence-corrected chi connectivity index (χ1v) is 6.17. The third kappa shape index (κ3) is 3.68. The Morgan fingerprint density at radius 3 is 2.65 bits per heavy atom. The molecule has 0 aliphatic rings. The van der Waals surface area contributed by atoms with Crippen LogP contribution in [0.5, 0.6) is 0 Å². The van der Waals surface area contributed by atoms with Gasteiger partial charge in [0.1, 0.15) is 11.6 Å². The van der Waals surface area contributed by atoms with E-state index in [4.69, 9.17) is 11.6 Å². The molecular formula is C14H11ClF2N2O. The van der Waals surface area contributed by atoms with Crippen molar-refractivity contribution >= 4 is 23.3 Å². The molecule has 0 radical (unpaired) electrons. The third-order valence-corrected chi connectivity index (χ3v) is 2.94. The van der Waals surface area contributed by atoms with Gasteiger partial charge in [-0.2, -0.15) is 0 Å². The van der Waals surface area contributed by atoms with Crippen LogP contribution in [0.4, 0.5) is 19.3 Å². The zero-order chi connectivity index (χ0) is 14.5. The Bertz CT molecular complexity index is 634. The highest BCUT2D eigenvalue weighted by atomic mass is 35.5. The number of carbonyl (C=O) groups excluding carboxylic acids is 1. The summed E-state index contributed by atoms with van der Waals surface area (Å²) in [6, 6.07) is 9.19. The first kappa shape index (κ1) is 14.3. The van der Waals surface area contributed by atoms with Crippen molar-refractivity contribution in [1.82, 2.24) is 5.32 Å². The van der Waals surface area contributed by atoms with E-state index in [0.717, 1.165) is 23.8 Å². The highest BCUT2D eigenvalue weighted by molar-refractivity contribution is 6.31. The highest BCUT2D eigenvalue weighted by Crippen LogP contribution is 2.16. The second kappa shape index (κ2) is 6.34. The molecule has 2 N–H and O–H groups in total. The van der Waals surface area contributed by atoms with Crippen LogP contribution in [0.3, 0.4) is 0 Å². The van der Waals surface area contributed by atoms with Crippen LogP contribution in [0.25, 0.3) is 0 Å². The standard InChI is InChI=1S/C14H11ClF2N2O/c15-11-4-2-1-3-9(11)8-18-14(20)19-13-7-10(16)5-6-12(13)17/h1-7H,8H2,(H2,18,19,20). The molecular weight excluding hydrogens is 286 g/mol. The lowest BCUT2D eigenvalue weighted by molar-refractivity contribution is 0.251. The molecule has 0 aromatic heterocycles. The fraction of sp³-hybridized carbons (Fsp3) is 0.0714. The molecule has 2 aromatic rings. The monoisotopic (exact) mass is 296 g/mol. The quantitative estimate of drug-likeness (QED) is 0.885. The van der Waals surface area contributed by atoms with Crippen molar-refractivity contribution in [1.29, 1.82) is 0 Å². The average molecular weight is 297 g/mol. The van der Waals surface area contributed by atoms with E-state index in [2.05, 4.69) is 10.6 Å². The number of rotatable bonds is 3. The van der Waals surface area contributed by atoms with Crippen LogP contribution in [-0.4, -0.2) is 6.03 Å². The number of nitrogens with one attached hydrogen (secondary N) is 2. The lowest BCUT2D eigenvalue weighted by Crippen LogP contribution is -2.28. The van der Waals surface area contributed by atoms with Gasteiger partial charge in [-0.25, -0.2) is 13.6 Å². The normalized spacial score (nSPS) is 10.2. The molecule has 3 nitrogen and oxygen atoms in total. The number of carbonyl (C=O) groups is 1. The molecule has 0 fully saturated rings. The smallest absolute Gasteiger partial charge is 0.319 e. The van der Waals surface area contributed by atoms with Crippen LogP contribution in [-0.2, 0) is 6.54 Å². The Hall–Kier alpha value is -2.14. The van der Waals surface area contributed by atoms with E-state index >= 15 is 0 Å². The van der Waals surface area contributed by atoms with Gasteiger partial charge in [-0.1, -0.05) is 29.8 Å². The number of anilines is 1. The summed E-state index contributed by atoms with van der Waals surface area (Å²) in [5, 5.41) is 5.26. The molecule has 2 rings (SSSR count). The summed E-state index contributed by atoms with van der Waals surface area (Å²) in [5.41, 5.74) is 0.505. The van der Waals surface area contributed by atoms with E-state index in [9.17, 15) is 13.6 Å². The molecule has 0 aliphatic carbocycles. The van der Waals surface area contributed by atoms with Crippen LogP contribution in [0, 0.1) is 11.6 Å². The Morgan fingerprint density at radius 2 is 1.90 bits per heavy atom. The van der Waals surface area contributed by atoms with Gasteiger partial charge < -0.3 is 10.6 Å². The maximum atomic E-state index is 13.3. The largest absolute Gasteiger partial charge is 0.334 e. The van der Waals surface area contributed by atoms with Crippen molar-refractivity contribution in [3.63, 3.8) is 0 Å². The molecule has 0 saturated heterocycles. The number of hydrogen-bond donors (Lipinski definition) is 2. The van der Waals surface area contributed by atoms with Gasteiger partial charge in [0.05, 0.1) is 5.69 Å². The van der Waals surface area contributed by atoms with Crippen LogP contribution in [0.2, 0.25) is 5.02 Å². The van der Waals surface area contributed by atoms with E-state index in [0.29, 0.717) is 5.02 Å². The first-order chi connectivity index (χ1) is 9.56. The van der Waals surface area contributed by atoms with Crippen molar-refractivity contribution < 1.29 is 13.6 Å². The highest BCUT2D eigenvalue weighted by Gasteiger charge is 2.08. The second-order valence-electron chi connectivity index (χ2n) is 4.02. The van der Waals surface area contributed by atoms with Crippen molar-refractivity contribution in [2.45, 2.75) is 6.54 Å². The van der Waals surface area contributed by atoms with E-state index in [1.165, 1.54) is 0 Å². The van der Waals surface area contributed by atoms with E-state index in [1.54, 1.807) is 24.3 Å². The third-order valence-electron chi connectivity index (χ3n) is 2.57. The summed E-state index contributed by atoms with van der Waals surface area (Å²) in [6.07, 6.45) is 0. The van der Waals surface area contributed by atoms with E-state index in [-0.39, 0.29) is 12.2 Å². The number of amides is 2. The zero-order valence-corrected chi connectivity index (χ0v) is 11.0. The van der Waals surface area contributed by atoms with Gasteiger partial charge in [0.15, 0.2) is 0 Å². The minimum Gasteiger partial charge on any atom is -0.334 e. The number of hydrogen-bond acceptors (Lipinski definition) is 1. The lowest BCUT2D eigenvalue weighted by Gasteiger charge is -2.09. The molecule has 0 saturated carbocycles. The van der Waals surface area contributed by atoms with Crippen molar-refractivity contribution in [3.05, 3.63) is 64.7 Å². The minimum absolute atomic E-state index is 0.183. The molecule has 104 valence electrons. The van der Waals surface area contributed by atoms with Gasteiger partial charge in [-0.05, 0) is 23.8 Å². The maximum Gasteiger partial charge on any atom is 0.319 e. The zero-order valence-electron chi connectivity index (χ0n) is 10.3. The van der Waals surface area contributed by atoms with Crippen LogP contribution >= 0.6 is 11.6 Å². The van der Waals surface area contributed by atoms with Gasteiger partial charge in [-0.15, -0.1) is 0 Å². The molecule has 6 heteroatoms. The predicted molar refractivity (Wildman–Crippen MR) is 73.7 cm³/mol. The van der Waals surface area contributed by atoms with Crippen LogP contribution in [0.15, 0.2) is 42.5 Å². The molecule has 0 bridgehead atoms. The maximum absolute atomic E-state index is 13.3. The van der Waals surface area contributed by atoms with Gasteiger partial charge in [-0.3, -0.25) is 0 Å². The molecule has 0 heterocycles. The van der Waals surface area contributed by atoms with Gasteiger partial charge in [0, 0.05) is 17.6 Å². The van der Waals surface area contributed by atoms with Gasteiger partial charge in [0.25, 0.3) is 0 Å². The first-order valence-electron chi connectivity index (χ1n) is 5.79. The molecule has 2 amide bonds. The predicted octanol–water partition coefficient (Wildman–Crippen LogP) is 3.94. The molecule has 20 heavy (non-hydrogen) atoms. The van der Waals surface area contributed by atoms with Gasteiger partial charge in [0.2, 0.25) is 0 Å². The van der Waals surface area contributed by atoms with Crippen molar-refractivity contribution in [2.24, 2.45) is 0 Å². The molecule has 0 atom stereocenters. The number of benzene rings is 2. The summed E-state index contributed by atoms with van der Waals surface area (Å²) in [7, 11) is 0. The van der Waals surface area contributed by atoms with Crippen LogP contribution in [0.1, 0.15) is 5.56 Å². The Kier molecular flexibility index (Phi) is 4.53. The van der Waals surface area contributed by atoms with Crippen molar-refractivity contribution in [2.75, 3.05) is 5.32 Å². The van der Waals surface area contributed by atoms with E-state index < -0.39 is 17.7 Å². The van der Waals surface area contributed by atoms with Crippen LogP contribution < -0.4 is 10.6 Å². The average Bonchev–Trinajstić information content (AvgIpc) is 2.42. The minimum atomic E-state index is -0.709. The molecule has 0 aliphatic heterocycles. The summed E-state index contributed by atoms with van der Waals surface area (Å²) < 4.78 is 26.3. The fourth-order valence-electron chi connectivity index (χ4n) is 1.58. The molecule has 0 unspecified atom stereocenters.